The van der Waals surface area contributed by atoms with Crippen molar-refractivity contribution in [2.45, 2.75) is 469 Å². The summed E-state index contributed by atoms with van der Waals surface area (Å²) in [5.74, 6) is -4.04. The molecule has 20 heteroatoms. The standard InChI is InChI=1S/C80H151N2O17P/c1-8-14-20-26-32-35-41-44-50-56-67(94-73(86)59-53-47-38-29-23-17-11-4)62-71(84)81-66(7)80(82-72(85)63-68(57-51-45-42-36-33-27-21-15-9-2)95-74(87)60-54-48-39-30-24-18-12-5)78(77(99-100(91,92)93)70(65-83)97-79(80)90)98-76(89)64-69(58-52-46-43-37-34-28-22-16-10-3)96-75(88)61-55-49-40-31-25-19-13-6/h66-70,77-79,83,90H,8-65H2,1-7H3,(H,81,84)(H,82,85)(H2,91,92,93)/t66?,67-,68-,69-,70-,77-,78+,79-,80-/m1/s1. The first kappa shape index (κ1) is 94.8. The maximum Gasteiger partial charge on any atom is 0.470 e. The summed E-state index contributed by atoms with van der Waals surface area (Å²) >= 11 is 0. The molecule has 0 saturated carbocycles. The van der Waals surface area contributed by atoms with Crippen LogP contribution in [0.5, 0.6) is 0 Å². The lowest BCUT2D eigenvalue weighted by molar-refractivity contribution is -0.289. The number of unbranched alkanes of at least 4 members (excludes halogenated alkanes) is 42. The Balaban J connectivity index is 4.04. The van der Waals surface area contributed by atoms with Gasteiger partial charge in [-0.3, -0.25) is 33.3 Å². The van der Waals surface area contributed by atoms with Crippen LogP contribution in [0.2, 0.25) is 0 Å². The zero-order valence-corrected chi connectivity index (χ0v) is 65.6. The number of phosphoric ester groups is 1. The third-order valence-electron chi connectivity index (χ3n) is 20.0. The molecule has 6 N–H and O–H groups in total. The Bertz CT molecular complexity index is 2080. The summed E-state index contributed by atoms with van der Waals surface area (Å²) in [6.45, 7) is 13.4. The smallest absolute Gasteiger partial charge is 0.462 e. The van der Waals surface area contributed by atoms with Gasteiger partial charge in [0, 0.05) is 19.3 Å². The number of rotatable bonds is 70. The normalized spacial score (nSPS) is 18.2. The first-order valence-electron chi connectivity index (χ1n) is 41.4. The van der Waals surface area contributed by atoms with E-state index in [1.807, 2.05) is 0 Å². The highest BCUT2D eigenvalue weighted by Crippen LogP contribution is 2.45. The van der Waals surface area contributed by atoms with Crippen LogP contribution in [0.15, 0.2) is 0 Å². The summed E-state index contributed by atoms with van der Waals surface area (Å²) < 4.78 is 49.3. The lowest BCUT2D eigenvalue weighted by atomic mass is 9.77. The number of hydrogen-bond donors (Lipinski definition) is 6. The van der Waals surface area contributed by atoms with Gasteiger partial charge >= 0.3 is 31.7 Å². The highest BCUT2D eigenvalue weighted by molar-refractivity contribution is 7.46. The van der Waals surface area contributed by atoms with E-state index in [0.717, 1.165) is 225 Å². The number of hydrogen-bond acceptors (Lipinski definition) is 15. The molecular weight excluding hydrogens is 1290 g/mol. The number of amides is 2. The predicted molar refractivity (Wildman–Crippen MR) is 400 cm³/mol. The average molecular weight is 1440 g/mol. The number of phosphoric acid groups is 1. The Labute approximate surface area is 608 Å². The van der Waals surface area contributed by atoms with Gasteiger partial charge in [-0.1, -0.05) is 311 Å². The number of aliphatic hydroxyl groups excluding tert-OH is 2. The lowest BCUT2D eigenvalue weighted by Gasteiger charge is -2.54. The van der Waals surface area contributed by atoms with Crippen molar-refractivity contribution in [2.24, 2.45) is 0 Å². The van der Waals surface area contributed by atoms with Crippen molar-refractivity contribution >= 4 is 43.5 Å². The molecule has 1 aliphatic heterocycles. The molecule has 0 bridgehead atoms. The molecular formula is C80H151N2O17P. The summed E-state index contributed by atoms with van der Waals surface area (Å²) in [6.07, 6.45) is 37.2. The van der Waals surface area contributed by atoms with E-state index >= 15 is 4.79 Å². The van der Waals surface area contributed by atoms with Crippen molar-refractivity contribution in [1.29, 1.82) is 0 Å². The van der Waals surface area contributed by atoms with E-state index in [9.17, 15) is 48.5 Å². The van der Waals surface area contributed by atoms with Crippen molar-refractivity contribution in [3.63, 3.8) is 0 Å². The first-order valence-corrected chi connectivity index (χ1v) is 42.9. The third-order valence-corrected chi connectivity index (χ3v) is 20.5. The molecule has 0 aromatic heterocycles. The molecule has 0 radical (unpaired) electrons. The van der Waals surface area contributed by atoms with Crippen molar-refractivity contribution in [1.82, 2.24) is 10.6 Å². The van der Waals surface area contributed by atoms with Gasteiger partial charge in [0.1, 0.15) is 30.5 Å². The summed E-state index contributed by atoms with van der Waals surface area (Å²) in [4.78, 5) is 107. The van der Waals surface area contributed by atoms with Crippen LogP contribution in [0.4, 0.5) is 0 Å². The minimum Gasteiger partial charge on any atom is -0.462 e. The van der Waals surface area contributed by atoms with Gasteiger partial charge in [0.25, 0.3) is 0 Å². The van der Waals surface area contributed by atoms with Crippen LogP contribution in [0.3, 0.4) is 0 Å². The van der Waals surface area contributed by atoms with Gasteiger partial charge in [-0.05, 0) is 64.7 Å². The van der Waals surface area contributed by atoms with Crippen LogP contribution >= 0.6 is 7.82 Å². The fraction of sp³-hybridized carbons (Fsp3) is 0.925. The van der Waals surface area contributed by atoms with Crippen LogP contribution < -0.4 is 10.6 Å². The third kappa shape index (κ3) is 48.8. The summed E-state index contributed by atoms with van der Waals surface area (Å²) in [7, 11) is -5.64. The van der Waals surface area contributed by atoms with Gasteiger partial charge in [-0.15, -0.1) is 0 Å². The van der Waals surface area contributed by atoms with Crippen LogP contribution in [-0.4, -0.2) is 117 Å². The lowest BCUT2D eigenvalue weighted by Crippen LogP contribution is -2.80. The number of esters is 4. The van der Waals surface area contributed by atoms with Gasteiger partial charge in [0.05, 0.1) is 31.9 Å². The van der Waals surface area contributed by atoms with E-state index in [2.05, 4.69) is 52.2 Å². The Kier molecular flexibility index (Phi) is 59.8. The number of aliphatic hydroxyl groups is 2. The first-order chi connectivity index (χ1) is 48.3. The second kappa shape index (κ2) is 63.1. The number of carbonyl (C=O) groups excluding carboxylic acids is 6. The molecule has 9 atom stereocenters. The van der Waals surface area contributed by atoms with E-state index in [1.54, 1.807) is 0 Å². The molecule has 2 amide bonds. The van der Waals surface area contributed by atoms with Crippen LogP contribution in [0, 0.1) is 0 Å². The minimum atomic E-state index is -5.64. The maximum atomic E-state index is 15.2. The van der Waals surface area contributed by atoms with E-state index in [-0.39, 0.29) is 32.1 Å². The molecule has 0 spiro atoms. The van der Waals surface area contributed by atoms with Crippen LogP contribution in [-0.2, 0) is 61.5 Å². The molecule has 588 valence electrons. The molecule has 100 heavy (non-hydrogen) atoms. The Hall–Kier alpha value is -3.19. The fourth-order valence-corrected chi connectivity index (χ4v) is 14.4. The van der Waals surface area contributed by atoms with Crippen molar-refractivity contribution in [2.75, 3.05) is 6.61 Å². The Morgan fingerprint density at radius 1 is 0.410 bits per heavy atom. The van der Waals surface area contributed by atoms with E-state index in [4.69, 9.17) is 28.2 Å². The zero-order valence-electron chi connectivity index (χ0n) is 64.7. The average Bonchev–Trinajstić information content (AvgIpc) is 0.735. The molecule has 0 aromatic carbocycles. The maximum absolute atomic E-state index is 15.2. The molecule has 1 rings (SSSR count). The van der Waals surface area contributed by atoms with Crippen LogP contribution in [0.1, 0.15) is 414 Å². The Morgan fingerprint density at radius 2 is 0.690 bits per heavy atom. The SMILES string of the molecule is CCCCCCCCCCC[C@H](CC(=O)NC(C)[C@]1(NC(=O)C[C@@H](CCCCCCCCCCC)OC(=O)CCCCCCCCC)[C@H](O)O[C@H](CO)[C@@H](OP(=O)(O)O)[C@@H]1OC(=O)C[C@@H](CCCCCCCCCCC)OC(=O)CCCCCCCCC)OC(=O)CCCCCCCCC. The topological polar surface area (TPSA) is 280 Å². The largest absolute Gasteiger partial charge is 0.470 e. The van der Waals surface area contributed by atoms with Crippen molar-refractivity contribution < 1.29 is 81.5 Å². The molecule has 1 fully saturated rings. The van der Waals surface area contributed by atoms with Gasteiger partial charge < -0.3 is 54.3 Å². The molecule has 0 aromatic rings. The highest BCUT2D eigenvalue weighted by atomic mass is 31.2. The highest BCUT2D eigenvalue weighted by Gasteiger charge is 2.63. The number of carbonyl (C=O) groups is 6. The predicted octanol–water partition coefficient (Wildman–Crippen LogP) is 19.5. The molecule has 1 aliphatic rings. The summed E-state index contributed by atoms with van der Waals surface area (Å²) in [6, 6.07) is -1.57. The second-order valence-electron chi connectivity index (χ2n) is 29.4. The van der Waals surface area contributed by atoms with Gasteiger partial charge in [-0.2, -0.15) is 0 Å². The Morgan fingerprint density at radius 3 is 0.990 bits per heavy atom. The van der Waals surface area contributed by atoms with Crippen molar-refractivity contribution in [3.05, 3.63) is 0 Å². The van der Waals surface area contributed by atoms with Crippen LogP contribution in [0.25, 0.3) is 0 Å². The molecule has 1 unspecified atom stereocenters. The molecule has 1 heterocycles. The molecule has 1 saturated heterocycles. The van der Waals surface area contributed by atoms with E-state index in [1.165, 1.54) is 51.9 Å². The van der Waals surface area contributed by atoms with Crippen molar-refractivity contribution in [3.8, 4) is 0 Å². The van der Waals surface area contributed by atoms with E-state index < -0.39 is 117 Å². The molecule has 19 nitrogen and oxygen atoms in total. The second-order valence-corrected chi connectivity index (χ2v) is 30.6. The molecule has 0 aliphatic carbocycles. The number of nitrogens with one attached hydrogen (secondary N) is 2. The van der Waals surface area contributed by atoms with E-state index in [0.29, 0.717) is 51.4 Å². The minimum absolute atomic E-state index is 0.124. The zero-order chi connectivity index (χ0) is 73.8. The fourth-order valence-electron chi connectivity index (χ4n) is 13.8. The van der Waals surface area contributed by atoms with Gasteiger partial charge in [0.15, 0.2) is 17.9 Å². The van der Waals surface area contributed by atoms with Gasteiger partial charge in [-0.25, -0.2) is 4.57 Å². The van der Waals surface area contributed by atoms with Gasteiger partial charge in [0.2, 0.25) is 11.8 Å². The summed E-state index contributed by atoms with van der Waals surface area (Å²) in [5.41, 5.74) is -2.58. The monoisotopic (exact) mass is 1440 g/mol. The quantitative estimate of drug-likeness (QED) is 0.0143. The number of ether oxygens (including phenoxy) is 5. The summed E-state index contributed by atoms with van der Waals surface area (Å²) in [5, 5.41) is 29.3.